The van der Waals surface area contributed by atoms with Gasteiger partial charge in [-0.3, -0.25) is 4.90 Å². The molecule has 1 aromatic rings. The van der Waals surface area contributed by atoms with E-state index < -0.39 is 0 Å². The molecule has 1 saturated carbocycles. The van der Waals surface area contributed by atoms with Gasteiger partial charge in [0.2, 0.25) is 0 Å². The normalized spacial score (nSPS) is 36.7. The first kappa shape index (κ1) is 12.7. The third-order valence-corrected chi connectivity index (χ3v) is 6.34. The van der Waals surface area contributed by atoms with E-state index in [1.165, 1.54) is 44.3 Å². The van der Waals surface area contributed by atoms with E-state index in [1.54, 1.807) is 5.56 Å². The van der Waals surface area contributed by atoms with E-state index in [1.807, 2.05) is 0 Å². The molecule has 0 amide bonds. The molecular weight excluding hydrogens is 244 g/mol. The second-order valence-corrected chi connectivity index (χ2v) is 7.58. The molecule has 3 aliphatic rings. The predicted molar refractivity (Wildman–Crippen MR) is 83.8 cm³/mol. The third-order valence-electron chi connectivity index (χ3n) is 6.34. The summed E-state index contributed by atoms with van der Waals surface area (Å²) in [6, 6.07) is 7.35. The lowest BCUT2D eigenvalue weighted by Crippen LogP contribution is -2.58. The number of benzene rings is 1. The maximum absolute atomic E-state index is 6.05. The Bertz CT molecular complexity index is 534. The molecule has 0 spiro atoms. The Morgan fingerprint density at radius 2 is 2.15 bits per heavy atom. The molecule has 1 heterocycles. The fourth-order valence-corrected chi connectivity index (χ4v) is 4.58. The Morgan fingerprint density at radius 3 is 2.90 bits per heavy atom. The Kier molecular flexibility index (Phi) is 2.69. The fourth-order valence-electron chi connectivity index (χ4n) is 4.58. The number of nitrogens with two attached hydrogens (primary N) is 1. The highest BCUT2D eigenvalue weighted by Gasteiger charge is 2.48. The van der Waals surface area contributed by atoms with Crippen LogP contribution in [0.4, 0.5) is 5.69 Å². The van der Waals surface area contributed by atoms with Gasteiger partial charge in [-0.15, -0.1) is 0 Å². The average Bonchev–Trinajstić information content (AvgIpc) is 3.22. The van der Waals surface area contributed by atoms with Crippen LogP contribution in [0, 0.1) is 11.8 Å². The van der Waals surface area contributed by atoms with Crippen LogP contribution in [-0.2, 0) is 11.8 Å². The van der Waals surface area contributed by atoms with Crippen LogP contribution in [0.3, 0.4) is 0 Å². The topological polar surface area (TPSA) is 29.3 Å². The van der Waals surface area contributed by atoms with Gasteiger partial charge >= 0.3 is 0 Å². The van der Waals surface area contributed by atoms with Crippen LogP contribution in [-0.4, -0.2) is 24.0 Å². The molecule has 108 valence electrons. The van der Waals surface area contributed by atoms with E-state index in [2.05, 4.69) is 36.9 Å². The minimum atomic E-state index is 0.327. The molecule has 0 radical (unpaired) electrons. The lowest BCUT2D eigenvalue weighted by molar-refractivity contribution is 0.0284. The second kappa shape index (κ2) is 4.24. The molecule has 2 nitrogen and oxygen atoms in total. The maximum Gasteiger partial charge on any atom is 0.0317 e. The van der Waals surface area contributed by atoms with Crippen molar-refractivity contribution in [3.63, 3.8) is 0 Å². The van der Waals surface area contributed by atoms with Crippen LogP contribution in [0.15, 0.2) is 18.2 Å². The van der Waals surface area contributed by atoms with E-state index in [0.29, 0.717) is 5.41 Å². The first-order chi connectivity index (χ1) is 9.58. The summed E-state index contributed by atoms with van der Waals surface area (Å²) in [7, 11) is 0. The maximum atomic E-state index is 6.05. The Hall–Kier alpha value is -1.02. The average molecular weight is 270 g/mol. The Labute approximate surface area is 122 Å². The summed E-state index contributed by atoms with van der Waals surface area (Å²) in [5.74, 6) is 1.74. The number of piperidine rings is 1. The highest BCUT2D eigenvalue weighted by Crippen LogP contribution is 2.49. The van der Waals surface area contributed by atoms with E-state index in [0.717, 1.165) is 23.6 Å². The van der Waals surface area contributed by atoms with Gasteiger partial charge in [-0.2, -0.15) is 0 Å². The largest absolute Gasteiger partial charge is 0.399 e. The predicted octanol–water partition coefficient (Wildman–Crippen LogP) is 3.20. The van der Waals surface area contributed by atoms with Crippen molar-refractivity contribution in [1.29, 1.82) is 0 Å². The highest BCUT2D eigenvalue weighted by atomic mass is 15.2. The Morgan fingerprint density at radius 1 is 1.35 bits per heavy atom. The minimum absolute atomic E-state index is 0.327. The van der Waals surface area contributed by atoms with Crippen molar-refractivity contribution in [2.24, 2.45) is 11.8 Å². The van der Waals surface area contributed by atoms with Gasteiger partial charge in [-0.1, -0.05) is 19.9 Å². The number of nitrogens with zero attached hydrogens (tertiary/aromatic N) is 1. The van der Waals surface area contributed by atoms with Crippen LogP contribution in [0.5, 0.6) is 0 Å². The molecule has 1 saturated heterocycles. The number of anilines is 1. The zero-order chi connectivity index (χ0) is 13.9. The fraction of sp³-hybridized carbons (Fsp3) is 0.667. The number of hydrogen-bond acceptors (Lipinski definition) is 2. The van der Waals surface area contributed by atoms with Gasteiger partial charge in [0.05, 0.1) is 0 Å². The van der Waals surface area contributed by atoms with Gasteiger partial charge in [0, 0.05) is 18.3 Å². The molecule has 4 rings (SSSR count). The van der Waals surface area contributed by atoms with Crippen molar-refractivity contribution < 1.29 is 0 Å². The zero-order valence-corrected chi connectivity index (χ0v) is 12.7. The summed E-state index contributed by atoms with van der Waals surface area (Å²) >= 11 is 0. The molecule has 1 unspecified atom stereocenters. The zero-order valence-electron chi connectivity index (χ0n) is 12.7. The van der Waals surface area contributed by atoms with Crippen molar-refractivity contribution in [1.82, 2.24) is 4.90 Å². The Balaban J connectivity index is 1.71. The summed E-state index contributed by atoms with van der Waals surface area (Å²) in [5, 5.41) is 0. The quantitative estimate of drug-likeness (QED) is 0.836. The van der Waals surface area contributed by atoms with Gasteiger partial charge in [0.1, 0.15) is 0 Å². The van der Waals surface area contributed by atoms with Crippen LogP contribution in [0.2, 0.25) is 0 Å². The van der Waals surface area contributed by atoms with E-state index in [-0.39, 0.29) is 0 Å². The standard InChI is InChI=1S/C18H26N2/c1-12-17-9-14-5-6-15(19)10-16(14)18(12,2)7-8-20(17)11-13-3-4-13/h5-6,10,12-13,17H,3-4,7-9,11,19H2,1-2H3/t12-,17?,18-/m1/s1. The van der Waals surface area contributed by atoms with Crippen molar-refractivity contribution in [3.05, 3.63) is 29.3 Å². The number of fused-ring (bicyclic) bond motifs is 4. The SMILES string of the molecule is C[C@@H]1C2Cc3ccc(N)cc3[C@]1(C)CCN2CC1CC1. The van der Waals surface area contributed by atoms with Crippen LogP contribution in [0.1, 0.15) is 44.2 Å². The summed E-state index contributed by atoms with van der Waals surface area (Å²) in [6.45, 7) is 7.55. The summed E-state index contributed by atoms with van der Waals surface area (Å²) in [4.78, 5) is 2.80. The van der Waals surface area contributed by atoms with Crippen molar-refractivity contribution >= 4 is 5.69 Å². The molecule has 2 aliphatic carbocycles. The smallest absolute Gasteiger partial charge is 0.0317 e. The van der Waals surface area contributed by atoms with Gasteiger partial charge in [-0.05, 0) is 72.7 Å². The van der Waals surface area contributed by atoms with Crippen LogP contribution < -0.4 is 5.73 Å². The molecule has 0 aromatic heterocycles. The van der Waals surface area contributed by atoms with Crippen LogP contribution >= 0.6 is 0 Å². The molecular formula is C18H26N2. The highest BCUT2D eigenvalue weighted by molar-refractivity contribution is 5.50. The minimum Gasteiger partial charge on any atom is -0.399 e. The molecule has 1 aromatic carbocycles. The van der Waals surface area contributed by atoms with Gasteiger partial charge in [0.25, 0.3) is 0 Å². The molecule has 2 bridgehead atoms. The van der Waals surface area contributed by atoms with E-state index in [4.69, 9.17) is 5.73 Å². The molecule has 3 atom stereocenters. The van der Waals surface area contributed by atoms with Gasteiger partial charge < -0.3 is 5.73 Å². The number of likely N-dealkylation sites (tertiary alicyclic amines) is 1. The summed E-state index contributed by atoms with van der Waals surface area (Å²) in [6.07, 6.45) is 5.43. The van der Waals surface area contributed by atoms with Crippen molar-refractivity contribution in [2.45, 2.75) is 51.0 Å². The lowest BCUT2D eigenvalue weighted by atomic mass is 9.59. The molecule has 2 N–H and O–H groups in total. The molecule has 20 heavy (non-hydrogen) atoms. The van der Waals surface area contributed by atoms with Crippen molar-refractivity contribution in [3.8, 4) is 0 Å². The first-order valence-electron chi connectivity index (χ1n) is 8.21. The van der Waals surface area contributed by atoms with Crippen molar-refractivity contribution in [2.75, 3.05) is 18.8 Å². The van der Waals surface area contributed by atoms with Gasteiger partial charge in [-0.25, -0.2) is 0 Å². The number of rotatable bonds is 2. The molecule has 1 aliphatic heterocycles. The second-order valence-electron chi connectivity index (χ2n) is 7.58. The third kappa shape index (κ3) is 1.81. The van der Waals surface area contributed by atoms with Gasteiger partial charge in [0.15, 0.2) is 0 Å². The summed E-state index contributed by atoms with van der Waals surface area (Å²) < 4.78 is 0. The molecule has 2 fully saturated rings. The van der Waals surface area contributed by atoms with E-state index >= 15 is 0 Å². The number of hydrogen-bond donors (Lipinski definition) is 1. The van der Waals surface area contributed by atoms with Crippen LogP contribution in [0.25, 0.3) is 0 Å². The first-order valence-corrected chi connectivity index (χ1v) is 8.21. The monoisotopic (exact) mass is 270 g/mol. The summed E-state index contributed by atoms with van der Waals surface area (Å²) in [5.41, 5.74) is 10.4. The molecule has 2 heteroatoms. The number of nitrogen functional groups attached to an aromatic ring is 1. The lowest BCUT2D eigenvalue weighted by Gasteiger charge is -2.54. The van der Waals surface area contributed by atoms with E-state index in [9.17, 15) is 0 Å².